The minimum Gasteiger partial charge on any atom is -0.355 e. The van der Waals surface area contributed by atoms with Crippen LogP contribution < -0.4 is 15.5 Å². The van der Waals surface area contributed by atoms with Gasteiger partial charge in [-0.05, 0) is 68.1 Å². The fourth-order valence-electron chi connectivity index (χ4n) is 3.51. The molecule has 2 aromatic carbocycles. The van der Waals surface area contributed by atoms with Gasteiger partial charge in [0.15, 0.2) is 5.82 Å². The molecule has 1 aromatic heterocycles. The average Bonchev–Trinajstić information content (AvgIpc) is 2.77. The number of aryl methyl sites for hydroxylation is 1. The number of hydrogen-bond acceptors (Lipinski definition) is 4. The molecule has 4 rings (SSSR count). The standard InChI is InChI=1S/C23H24ClN5O/c1-16-5-8-18(24)15-21(16)26-23(30)25-19-9-6-17(7-10-19)20-11-12-22(28-27-20)29-13-3-2-4-14-29/h5-12,15H,2-4,13-14H2,1H3,(H2,25,26,30). The molecule has 2 N–H and O–H groups in total. The van der Waals surface area contributed by atoms with Crippen LogP contribution in [0.1, 0.15) is 24.8 Å². The molecule has 1 fully saturated rings. The SMILES string of the molecule is Cc1ccc(Cl)cc1NC(=O)Nc1ccc(-c2ccc(N3CCCCC3)nn2)cc1. The first kappa shape index (κ1) is 20.2. The van der Waals surface area contributed by atoms with Crippen molar-refractivity contribution < 1.29 is 4.79 Å². The highest BCUT2D eigenvalue weighted by molar-refractivity contribution is 6.31. The first-order chi connectivity index (χ1) is 14.6. The van der Waals surface area contributed by atoms with E-state index in [1.165, 1.54) is 19.3 Å². The van der Waals surface area contributed by atoms with Crippen LogP contribution in [0.4, 0.5) is 22.0 Å². The molecular weight excluding hydrogens is 398 g/mol. The monoisotopic (exact) mass is 421 g/mol. The number of rotatable bonds is 4. The van der Waals surface area contributed by atoms with Gasteiger partial charge in [-0.25, -0.2) is 4.79 Å². The van der Waals surface area contributed by atoms with Crippen LogP contribution in [0.25, 0.3) is 11.3 Å². The van der Waals surface area contributed by atoms with E-state index >= 15 is 0 Å². The summed E-state index contributed by atoms with van der Waals surface area (Å²) in [5.41, 5.74) is 4.07. The minimum absolute atomic E-state index is 0.321. The summed E-state index contributed by atoms with van der Waals surface area (Å²) in [6.45, 7) is 4.01. The van der Waals surface area contributed by atoms with E-state index in [0.29, 0.717) is 16.4 Å². The second-order valence-corrected chi connectivity index (χ2v) is 7.88. The van der Waals surface area contributed by atoms with Crippen LogP contribution in [-0.2, 0) is 0 Å². The van der Waals surface area contributed by atoms with E-state index in [0.717, 1.165) is 35.7 Å². The van der Waals surface area contributed by atoms with Crippen molar-refractivity contribution in [1.29, 1.82) is 0 Å². The molecule has 6 nitrogen and oxygen atoms in total. The summed E-state index contributed by atoms with van der Waals surface area (Å²) in [4.78, 5) is 14.6. The molecule has 0 radical (unpaired) electrons. The zero-order valence-corrected chi connectivity index (χ0v) is 17.6. The van der Waals surface area contributed by atoms with Crippen LogP contribution in [0.2, 0.25) is 5.02 Å². The van der Waals surface area contributed by atoms with Crippen molar-refractivity contribution >= 4 is 34.8 Å². The van der Waals surface area contributed by atoms with Gasteiger partial charge in [0.1, 0.15) is 0 Å². The molecule has 3 aromatic rings. The highest BCUT2D eigenvalue weighted by Crippen LogP contribution is 2.23. The van der Waals surface area contributed by atoms with Crippen molar-refractivity contribution in [1.82, 2.24) is 10.2 Å². The lowest BCUT2D eigenvalue weighted by atomic mass is 10.1. The predicted octanol–water partition coefficient (Wildman–Crippen LogP) is 5.74. The summed E-state index contributed by atoms with van der Waals surface area (Å²) in [6, 6.07) is 16.6. The Morgan fingerprint density at radius 3 is 2.40 bits per heavy atom. The summed E-state index contributed by atoms with van der Waals surface area (Å²) >= 11 is 6.00. The van der Waals surface area contributed by atoms with Gasteiger partial charge in [0.05, 0.1) is 5.69 Å². The molecule has 0 saturated carbocycles. The Hall–Kier alpha value is -3.12. The number of piperidine rings is 1. The zero-order chi connectivity index (χ0) is 20.9. The van der Waals surface area contributed by atoms with Gasteiger partial charge in [-0.15, -0.1) is 10.2 Å². The normalized spacial score (nSPS) is 13.7. The maximum atomic E-state index is 12.3. The minimum atomic E-state index is -0.321. The number of nitrogens with one attached hydrogen (secondary N) is 2. The number of aromatic nitrogens is 2. The zero-order valence-electron chi connectivity index (χ0n) is 16.9. The second kappa shape index (κ2) is 9.13. The Kier molecular flexibility index (Phi) is 6.14. The van der Waals surface area contributed by atoms with Gasteiger partial charge in [-0.3, -0.25) is 0 Å². The molecule has 0 aliphatic carbocycles. The van der Waals surface area contributed by atoms with Gasteiger partial charge in [-0.2, -0.15) is 0 Å². The third kappa shape index (κ3) is 4.89. The summed E-state index contributed by atoms with van der Waals surface area (Å²) in [6.07, 6.45) is 3.71. The highest BCUT2D eigenvalue weighted by atomic mass is 35.5. The molecule has 1 aliphatic rings. The van der Waals surface area contributed by atoms with Crippen molar-refractivity contribution in [2.45, 2.75) is 26.2 Å². The van der Waals surface area contributed by atoms with Crippen LogP contribution in [0.3, 0.4) is 0 Å². The largest absolute Gasteiger partial charge is 0.355 e. The Morgan fingerprint density at radius 1 is 0.933 bits per heavy atom. The molecule has 0 spiro atoms. The van der Waals surface area contributed by atoms with Crippen LogP contribution in [0.5, 0.6) is 0 Å². The maximum Gasteiger partial charge on any atom is 0.323 e. The first-order valence-corrected chi connectivity index (χ1v) is 10.5. The van der Waals surface area contributed by atoms with E-state index in [1.54, 1.807) is 12.1 Å². The lowest BCUT2D eigenvalue weighted by Crippen LogP contribution is -2.30. The summed E-state index contributed by atoms with van der Waals surface area (Å²) < 4.78 is 0. The van der Waals surface area contributed by atoms with Gasteiger partial charge in [-0.1, -0.05) is 29.8 Å². The number of benzene rings is 2. The number of amides is 2. The molecule has 7 heteroatoms. The van der Waals surface area contributed by atoms with Gasteiger partial charge in [0.2, 0.25) is 0 Å². The van der Waals surface area contributed by atoms with Crippen molar-refractivity contribution in [2.24, 2.45) is 0 Å². The fraction of sp³-hybridized carbons (Fsp3) is 0.261. The number of anilines is 3. The molecule has 2 amide bonds. The predicted molar refractivity (Wildman–Crippen MR) is 122 cm³/mol. The molecule has 0 unspecified atom stereocenters. The quantitative estimate of drug-likeness (QED) is 0.563. The van der Waals surface area contributed by atoms with Crippen LogP contribution in [0, 0.1) is 6.92 Å². The summed E-state index contributed by atoms with van der Waals surface area (Å²) in [5, 5.41) is 15.0. The van der Waals surface area contributed by atoms with Crippen molar-refractivity contribution in [3.8, 4) is 11.3 Å². The van der Waals surface area contributed by atoms with E-state index in [9.17, 15) is 4.79 Å². The molecule has 2 heterocycles. The molecular formula is C23H24ClN5O. The summed E-state index contributed by atoms with van der Waals surface area (Å²) in [5.74, 6) is 0.935. The van der Waals surface area contributed by atoms with E-state index < -0.39 is 0 Å². The molecule has 0 atom stereocenters. The van der Waals surface area contributed by atoms with E-state index in [-0.39, 0.29) is 6.03 Å². The third-order valence-electron chi connectivity index (χ3n) is 5.22. The molecule has 1 saturated heterocycles. The average molecular weight is 422 g/mol. The number of hydrogen-bond donors (Lipinski definition) is 2. The summed E-state index contributed by atoms with van der Waals surface area (Å²) in [7, 11) is 0. The second-order valence-electron chi connectivity index (χ2n) is 7.44. The van der Waals surface area contributed by atoms with E-state index in [1.807, 2.05) is 49.4 Å². The van der Waals surface area contributed by atoms with Gasteiger partial charge < -0.3 is 15.5 Å². The molecule has 1 aliphatic heterocycles. The third-order valence-corrected chi connectivity index (χ3v) is 5.45. The molecule has 30 heavy (non-hydrogen) atoms. The maximum absolute atomic E-state index is 12.3. The number of urea groups is 1. The molecule has 0 bridgehead atoms. The Bertz CT molecular complexity index is 1010. The Balaban J connectivity index is 1.39. The van der Waals surface area contributed by atoms with Crippen molar-refractivity contribution in [3.05, 3.63) is 65.2 Å². The number of nitrogens with zero attached hydrogens (tertiary/aromatic N) is 3. The highest BCUT2D eigenvalue weighted by Gasteiger charge is 2.13. The van der Waals surface area contributed by atoms with Gasteiger partial charge >= 0.3 is 6.03 Å². The van der Waals surface area contributed by atoms with Crippen LogP contribution in [-0.4, -0.2) is 29.3 Å². The first-order valence-electron chi connectivity index (χ1n) is 10.1. The smallest absolute Gasteiger partial charge is 0.323 e. The number of halogens is 1. The van der Waals surface area contributed by atoms with Crippen molar-refractivity contribution in [2.75, 3.05) is 28.6 Å². The lowest BCUT2D eigenvalue weighted by Gasteiger charge is -2.27. The lowest BCUT2D eigenvalue weighted by molar-refractivity contribution is 0.262. The Labute approximate surface area is 181 Å². The van der Waals surface area contributed by atoms with Gasteiger partial charge in [0.25, 0.3) is 0 Å². The van der Waals surface area contributed by atoms with E-state index in [4.69, 9.17) is 11.6 Å². The van der Waals surface area contributed by atoms with Gasteiger partial charge in [0, 0.05) is 35.1 Å². The Morgan fingerprint density at radius 2 is 1.70 bits per heavy atom. The van der Waals surface area contributed by atoms with E-state index in [2.05, 4.69) is 25.7 Å². The number of carbonyl (C=O) groups excluding carboxylic acids is 1. The topological polar surface area (TPSA) is 70.2 Å². The van der Waals surface area contributed by atoms with Crippen LogP contribution in [0.15, 0.2) is 54.6 Å². The van der Waals surface area contributed by atoms with Crippen LogP contribution >= 0.6 is 11.6 Å². The van der Waals surface area contributed by atoms with Crippen molar-refractivity contribution in [3.63, 3.8) is 0 Å². The number of carbonyl (C=O) groups is 1. The fourth-order valence-corrected chi connectivity index (χ4v) is 3.68. The molecule has 154 valence electrons.